The lowest BCUT2D eigenvalue weighted by Crippen LogP contribution is -2.51. The SMILES string of the molecule is COc1cc(-c2cn(Cc3ccc(N4CCC[C@@H](NC5CCC5)C4)nn3)nn2)c2cn[nH]c2c1. The van der Waals surface area contributed by atoms with E-state index in [1.807, 2.05) is 24.4 Å². The van der Waals surface area contributed by atoms with Crippen molar-refractivity contribution in [3.63, 3.8) is 0 Å². The highest BCUT2D eigenvalue weighted by molar-refractivity contribution is 5.94. The van der Waals surface area contributed by atoms with Gasteiger partial charge in [0, 0.05) is 42.2 Å². The van der Waals surface area contributed by atoms with Gasteiger partial charge < -0.3 is 15.0 Å². The number of piperidine rings is 1. The predicted molar refractivity (Wildman–Crippen MR) is 129 cm³/mol. The molecule has 0 spiro atoms. The third-order valence-corrected chi connectivity index (χ3v) is 6.93. The molecule has 176 valence electrons. The minimum absolute atomic E-state index is 0.505. The summed E-state index contributed by atoms with van der Waals surface area (Å²) in [5.74, 6) is 1.69. The molecule has 1 aromatic carbocycles. The van der Waals surface area contributed by atoms with Crippen molar-refractivity contribution < 1.29 is 4.74 Å². The summed E-state index contributed by atoms with van der Waals surface area (Å²) in [4.78, 5) is 2.35. The van der Waals surface area contributed by atoms with Gasteiger partial charge in [0.05, 0.1) is 37.3 Å². The number of aromatic nitrogens is 7. The van der Waals surface area contributed by atoms with Gasteiger partial charge in [-0.3, -0.25) is 5.10 Å². The van der Waals surface area contributed by atoms with Gasteiger partial charge in [0.2, 0.25) is 0 Å². The second-order valence-corrected chi connectivity index (χ2v) is 9.27. The summed E-state index contributed by atoms with van der Waals surface area (Å²) in [5, 5.41) is 29.6. The molecule has 1 atom stereocenters. The fraction of sp³-hybridized carbons (Fsp3) is 0.458. The summed E-state index contributed by atoms with van der Waals surface area (Å²) in [7, 11) is 1.65. The fourth-order valence-electron chi connectivity index (χ4n) is 4.85. The first-order valence-electron chi connectivity index (χ1n) is 12.0. The molecule has 2 fully saturated rings. The molecule has 2 aliphatic rings. The Morgan fingerprint density at radius 2 is 2.00 bits per heavy atom. The highest BCUT2D eigenvalue weighted by Gasteiger charge is 2.26. The van der Waals surface area contributed by atoms with Crippen LogP contribution in [-0.4, -0.2) is 67.7 Å². The van der Waals surface area contributed by atoms with Gasteiger partial charge >= 0.3 is 0 Å². The van der Waals surface area contributed by atoms with Crippen molar-refractivity contribution in [2.75, 3.05) is 25.1 Å². The van der Waals surface area contributed by atoms with Gasteiger partial charge in [-0.15, -0.1) is 10.2 Å². The number of hydrogen-bond acceptors (Lipinski definition) is 8. The van der Waals surface area contributed by atoms with E-state index >= 15 is 0 Å². The van der Waals surface area contributed by atoms with E-state index < -0.39 is 0 Å². The number of anilines is 1. The largest absolute Gasteiger partial charge is 0.497 e. The summed E-state index contributed by atoms with van der Waals surface area (Å²) >= 11 is 0. The lowest BCUT2D eigenvalue weighted by atomic mass is 9.91. The molecule has 1 aliphatic heterocycles. The van der Waals surface area contributed by atoms with Gasteiger partial charge in [-0.1, -0.05) is 11.6 Å². The number of hydrogen-bond donors (Lipinski definition) is 2. The van der Waals surface area contributed by atoms with E-state index in [9.17, 15) is 0 Å². The zero-order valence-corrected chi connectivity index (χ0v) is 19.3. The van der Waals surface area contributed by atoms with Crippen molar-refractivity contribution in [1.29, 1.82) is 0 Å². The maximum absolute atomic E-state index is 5.42. The Bertz CT molecular complexity index is 1260. The van der Waals surface area contributed by atoms with E-state index in [2.05, 4.69) is 47.0 Å². The lowest BCUT2D eigenvalue weighted by molar-refractivity contribution is 0.284. The van der Waals surface area contributed by atoms with Crippen molar-refractivity contribution >= 4 is 16.7 Å². The highest BCUT2D eigenvalue weighted by atomic mass is 16.5. The number of rotatable bonds is 7. The van der Waals surface area contributed by atoms with Crippen LogP contribution in [0, 0.1) is 0 Å². The predicted octanol–water partition coefficient (Wildman–Crippen LogP) is 2.78. The van der Waals surface area contributed by atoms with Gasteiger partial charge in [0.1, 0.15) is 11.4 Å². The number of nitrogens with zero attached hydrogens (tertiary/aromatic N) is 7. The second-order valence-electron chi connectivity index (χ2n) is 9.27. The minimum atomic E-state index is 0.505. The number of ether oxygens (including phenoxy) is 1. The summed E-state index contributed by atoms with van der Waals surface area (Å²) in [5.41, 5.74) is 3.42. The number of aromatic amines is 1. The summed E-state index contributed by atoms with van der Waals surface area (Å²) in [6, 6.07) is 9.24. The molecule has 6 rings (SSSR count). The molecule has 0 bridgehead atoms. The van der Waals surface area contributed by atoms with Gasteiger partial charge in [0.25, 0.3) is 0 Å². The van der Waals surface area contributed by atoms with Crippen molar-refractivity contribution in [3.05, 3.63) is 42.4 Å². The van der Waals surface area contributed by atoms with E-state index in [0.29, 0.717) is 18.6 Å². The number of fused-ring (bicyclic) bond motifs is 1. The van der Waals surface area contributed by atoms with Crippen molar-refractivity contribution in [2.45, 2.75) is 50.7 Å². The molecule has 10 nitrogen and oxygen atoms in total. The van der Waals surface area contributed by atoms with E-state index in [4.69, 9.17) is 4.74 Å². The summed E-state index contributed by atoms with van der Waals surface area (Å²) in [6.45, 7) is 2.54. The number of methoxy groups -OCH3 is 1. The van der Waals surface area contributed by atoms with Crippen LogP contribution in [0.4, 0.5) is 5.82 Å². The number of benzene rings is 1. The maximum atomic E-state index is 5.42. The Balaban J connectivity index is 1.14. The Labute approximate surface area is 197 Å². The first-order chi connectivity index (χ1) is 16.7. The zero-order chi connectivity index (χ0) is 22.9. The molecule has 0 amide bonds. The zero-order valence-electron chi connectivity index (χ0n) is 19.3. The molecule has 1 aliphatic carbocycles. The standard InChI is InChI=1S/C24H29N9O/c1-34-19-10-20(21-12-25-28-22(21)11-19)23-15-33(31-29-23)14-18-7-8-24(30-27-18)32-9-3-6-17(13-32)26-16-4-2-5-16/h7-8,10-12,15-17,26H,2-6,9,13-14H2,1H3,(H,25,28)/t17-/m1/s1. The normalized spacial score (nSPS) is 18.9. The van der Waals surface area contributed by atoms with Crippen molar-refractivity contribution in [3.8, 4) is 17.0 Å². The first kappa shape index (κ1) is 21.0. The monoisotopic (exact) mass is 459 g/mol. The molecule has 0 unspecified atom stereocenters. The third kappa shape index (κ3) is 4.21. The van der Waals surface area contributed by atoms with Crippen LogP contribution in [0.1, 0.15) is 37.8 Å². The maximum Gasteiger partial charge on any atom is 0.151 e. The molecule has 4 heterocycles. The van der Waals surface area contributed by atoms with Crippen molar-refractivity contribution in [2.24, 2.45) is 0 Å². The summed E-state index contributed by atoms with van der Waals surface area (Å²) < 4.78 is 7.20. The van der Waals surface area contributed by atoms with Crippen LogP contribution in [0.25, 0.3) is 22.2 Å². The first-order valence-corrected chi connectivity index (χ1v) is 12.0. The molecule has 1 saturated carbocycles. The van der Waals surface area contributed by atoms with Crippen LogP contribution in [0.15, 0.2) is 36.7 Å². The van der Waals surface area contributed by atoms with E-state index in [1.165, 1.54) is 32.1 Å². The molecular weight excluding hydrogens is 430 g/mol. The van der Waals surface area contributed by atoms with Crippen LogP contribution in [0.2, 0.25) is 0 Å². The molecule has 1 saturated heterocycles. The molecule has 3 aromatic heterocycles. The van der Waals surface area contributed by atoms with Crippen LogP contribution in [-0.2, 0) is 6.54 Å². The average molecular weight is 460 g/mol. The van der Waals surface area contributed by atoms with Gasteiger partial charge in [0.15, 0.2) is 5.82 Å². The Morgan fingerprint density at radius 3 is 2.79 bits per heavy atom. The highest BCUT2D eigenvalue weighted by Crippen LogP contribution is 2.31. The smallest absolute Gasteiger partial charge is 0.151 e. The molecule has 4 aromatic rings. The van der Waals surface area contributed by atoms with Crippen LogP contribution in [0.3, 0.4) is 0 Å². The van der Waals surface area contributed by atoms with Gasteiger partial charge in [-0.25, -0.2) is 4.68 Å². The molecule has 2 N–H and O–H groups in total. The van der Waals surface area contributed by atoms with Crippen LogP contribution in [0.5, 0.6) is 5.75 Å². The molecular formula is C24H29N9O. The van der Waals surface area contributed by atoms with E-state index in [-0.39, 0.29) is 0 Å². The topological polar surface area (TPSA) is 110 Å². The second kappa shape index (κ2) is 9.02. The summed E-state index contributed by atoms with van der Waals surface area (Å²) in [6.07, 6.45) is 10.1. The van der Waals surface area contributed by atoms with Crippen LogP contribution >= 0.6 is 0 Å². The number of nitrogens with one attached hydrogen (secondary N) is 2. The Hall–Kier alpha value is -3.53. The minimum Gasteiger partial charge on any atom is -0.497 e. The van der Waals surface area contributed by atoms with Gasteiger partial charge in [-0.05, 0) is 43.9 Å². The lowest BCUT2D eigenvalue weighted by Gasteiger charge is -2.38. The molecule has 10 heteroatoms. The van der Waals surface area contributed by atoms with Crippen molar-refractivity contribution in [1.82, 2.24) is 40.7 Å². The molecule has 0 radical (unpaired) electrons. The van der Waals surface area contributed by atoms with E-state index in [0.717, 1.165) is 52.5 Å². The van der Waals surface area contributed by atoms with Gasteiger partial charge in [-0.2, -0.15) is 10.2 Å². The quantitative estimate of drug-likeness (QED) is 0.434. The van der Waals surface area contributed by atoms with E-state index in [1.54, 1.807) is 18.0 Å². The molecule has 34 heavy (non-hydrogen) atoms. The number of H-pyrrole nitrogens is 1. The fourth-order valence-corrected chi connectivity index (χ4v) is 4.85. The average Bonchev–Trinajstić information content (AvgIpc) is 3.51. The Morgan fingerprint density at radius 1 is 1.09 bits per heavy atom. The van der Waals surface area contributed by atoms with Crippen LogP contribution < -0.4 is 15.0 Å². The third-order valence-electron chi connectivity index (χ3n) is 6.93. The Kier molecular flexibility index (Phi) is 5.58.